The van der Waals surface area contributed by atoms with Crippen molar-refractivity contribution >= 4 is 102 Å². The second-order valence-electron chi connectivity index (χ2n) is 26.3. The summed E-state index contributed by atoms with van der Waals surface area (Å²) in [5.41, 5.74) is 23.6. The Hall–Kier alpha value is -11.1. The third-order valence-corrected chi connectivity index (χ3v) is 19.9. The van der Waals surface area contributed by atoms with Crippen LogP contribution in [0.4, 0.5) is 34.6 Å². The maximum Gasteiger partial charge on any atom is 0.146 e. The molecule has 0 fully saturated rings. The second kappa shape index (κ2) is 20.5. The van der Waals surface area contributed by atoms with E-state index >= 15 is 0 Å². The quantitative estimate of drug-likeness (QED) is 0.127. The highest BCUT2D eigenvalue weighted by Crippen LogP contribution is 2.54. The Morgan fingerprint density at radius 1 is 0.286 bits per heavy atom. The SMILES string of the molecule is CC1(C)c2cc(C=Cc3ccc4c(c3)C(C)(C)c3cc(N(c5ccc6ccccc6n5)c5nccc6ccccc56)ccc3-4)ccc2-c2ccc(C=Cc3ccc4c(c3)C(C)(C)c3cc(N(c5ccc6ccccc6n5)c5nccc6ccccc56)ccc3-4)cc21. The van der Waals surface area contributed by atoms with Gasteiger partial charge in [-0.3, -0.25) is 9.80 Å². The molecule has 14 aromatic rings. The molecule has 0 aliphatic heterocycles. The highest BCUT2D eigenvalue weighted by Gasteiger charge is 2.39. The molecule has 10 aromatic carbocycles. The number of fused-ring (bicyclic) bond motifs is 13. The van der Waals surface area contributed by atoms with Crippen molar-refractivity contribution < 1.29 is 0 Å². The number of pyridine rings is 4. The van der Waals surface area contributed by atoms with E-state index in [0.29, 0.717) is 0 Å². The molecule has 0 radical (unpaired) electrons. The van der Waals surface area contributed by atoms with Crippen molar-refractivity contribution in [3.8, 4) is 33.4 Å². The molecule has 4 heterocycles. The van der Waals surface area contributed by atoms with Crippen molar-refractivity contribution in [3.05, 3.63) is 311 Å². The lowest BCUT2D eigenvalue weighted by Gasteiger charge is -2.27. The van der Waals surface area contributed by atoms with Crippen LogP contribution in [-0.2, 0) is 16.2 Å². The van der Waals surface area contributed by atoms with E-state index in [2.05, 4.69) is 306 Å². The molecular formula is C85H64N6. The lowest BCUT2D eigenvalue weighted by atomic mass is 9.81. The van der Waals surface area contributed by atoms with E-state index in [1.54, 1.807) is 0 Å². The van der Waals surface area contributed by atoms with Crippen molar-refractivity contribution in [1.82, 2.24) is 19.9 Å². The number of rotatable bonds is 10. The first-order valence-corrected chi connectivity index (χ1v) is 31.6. The van der Waals surface area contributed by atoms with Crippen molar-refractivity contribution in [3.63, 3.8) is 0 Å². The molecule has 3 aliphatic carbocycles. The van der Waals surface area contributed by atoms with E-state index in [-0.39, 0.29) is 16.2 Å². The van der Waals surface area contributed by atoms with Crippen LogP contribution in [0.25, 0.3) is 101 Å². The Balaban J connectivity index is 0.623. The molecule has 0 amide bonds. The number of nitrogens with zero attached hydrogens (tertiary/aromatic N) is 6. The third-order valence-electron chi connectivity index (χ3n) is 19.9. The first-order chi connectivity index (χ1) is 44.3. The Morgan fingerprint density at radius 3 is 0.956 bits per heavy atom. The molecule has 17 rings (SSSR count). The average Bonchev–Trinajstić information content (AvgIpc) is 1.63. The van der Waals surface area contributed by atoms with Gasteiger partial charge in [-0.2, -0.15) is 0 Å². The Bertz CT molecular complexity index is 5090. The number of anilines is 6. The molecule has 3 aliphatic rings. The average molecular weight is 1170 g/mol. The highest BCUT2D eigenvalue weighted by molar-refractivity contribution is 6.00. The van der Waals surface area contributed by atoms with Gasteiger partial charge < -0.3 is 0 Å². The smallest absolute Gasteiger partial charge is 0.146 e. The maximum atomic E-state index is 5.23. The summed E-state index contributed by atoms with van der Waals surface area (Å²) in [7, 11) is 0. The number of hydrogen-bond acceptors (Lipinski definition) is 6. The summed E-state index contributed by atoms with van der Waals surface area (Å²) < 4.78 is 0. The minimum atomic E-state index is -0.258. The van der Waals surface area contributed by atoms with Crippen LogP contribution in [0.15, 0.2) is 255 Å². The zero-order valence-corrected chi connectivity index (χ0v) is 51.7. The van der Waals surface area contributed by atoms with Gasteiger partial charge >= 0.3 is 0 Å². The fourth-order valence-corrected chi connectivity index (χ4v) is 15.0. The van der Waals surface area contributed by atoms with E-state index < -0.39 is 0 Å². The van der Waals surface area contributed by atoms with Gasteiger partial charge in [0.2, 0.25) is 0 Å². The standard InChI is InChI=1S/C85H64N6/c1-83(2)71-47-53(23-25-55-29-37-67-69-39-33-61(51-75(69)84(3,4)73(67)49-55)90(79-41-31-59-17-9-13-21-77(59)88-79)81-63-19-11-7-15-57(63)43-45-86-81)27-35-65(71)66-36-28-54(48-72(66)83)24-26-56-30-38-68-70-40-34-62(52-76(70)85(5,6)74(68)50-56)91(80-42-32-60-18-10-14-22-78(60)89-80)82-64-20-12-8-16-58(64)44-46-87-82/h7-52H,1-6H3. The van der Waals surface area contributed by atoms with Crippen molar-refractivity contribution in [2.45, 2.75) is 57.8 Å². The summed E-state index contributed by atoms with van der Waals surface area (Å²) in [5, 5.41) is 6.62. The van der Waals surface area contributed by atoms with Crippen LogP contribution in [-0.4, -0.2) is 19.9 Å². The summed E-state index contributed by atoms with van der Waals surface area (Å²) in [6, 6.07) is 88.0. The van der Waals surface area contributed by atoms with Gasteiger partial charge in [0.05, 0.1) is 11.0 Å². The fourth-order valence-electron chi connectivity index (χ4n) is 15.0. The van der Waals surface area contributed by atoms with Crippen LogP contribution in [0.3, 0.4) is 0 Å². The van der Waals surface area contributed by atoms with Crippen LogP contribution in [0, 0.1) is 0 Å². The summed E-state index contributed by atoms with van der Waals surface area (Å²) in [5.74, 6) is 3.36. The number of aromatic nitrogens is 4. The minimum absolute atomic E-state index is 0.184. The first-order valence-electron chi connectivity index (χ1n) is 31.6. The summed E-state index contributed by atoms with van der Waals surface area (Å²) in [6.07, 6.45) is 12.9. The van der Waals surface area contributed by atoms with Gasteiger partial charge in [-0.05, 0) is 173 Å². The van der Waals surface area contributed by atoms with Crippen molar-refractivity contribution in [2.24, 2.45) is 0 Å². The highest BCUT2D eigenvalue weighted by atomic mass is 15.2. The molecule has 91 heavy (non-hydrogen) atoms. The van der Waals surface area contributed by atoms with Crippen molar-refractivity contribution in [2.75, 3.05) is 9.80 Å². The molecule has 434 valence electrons. The predicted octanol–water partition coefficient (Wildman–Crippen LogP) is 22.1. The van der Waals surface area contributed by atoms with E-state index in [4.69, 9.17) is 19.9 Å². The topological polar surface area (TPSA) is 58.0 Å². The Morgan fingerprint density at radius 2 is 0.593 bits per heavy atom. The predicted molar refractivity (Wildman–Crippen MR) is 380 cm³/mol. The van der Waals surface area contributed by atoms with Crippen LogP contribution in [0.5, 0.6) is 0 Å². The van der Waals surface area contributed by atoms with Gasteiger partial charge in [-0.15, -0.1) is 0 Å². The molecule has 6 nitrogen and oxygen atoms in total. The van der Waals surface area contributed by atoms with Crippen LogP contribution in [0.2, 0.25) is 0 Å². The number of para-hydroxylation sites is 2. The zero-order valence-electron chi connectivity index (χ0n) is 51.7. The van der Waals surface area contributed by atoms with E-state index in [1.807, 2.05) is 24.5 Å². The maximum absolute atomic E-state index is 5.23. The summed E-state index contributed by atoms with van der Waals surface area (Å²) in [6.45, 7) is 14.2. The molecule has 0 N–H and O–H groups in total. The van der Waals surface area contributed by atoms with Crippen LogP contribution in [0.1, 0.15) is 97.2 Å². The Labute approximate surface area is 530 Å². The molecule has 6 heteroatoms. The zero-order chi connectivity index (χ0) is 61.3. The molecular weight excluding hydrogens is 1100 g/mol. The van der Waals surface area contributed by atoms with Gasteiger partial charge in [0.1, 0.15) is 23.3 Å². The molecule has 0 unspecified atom stereocenters. The van der Waals surface area contributed by atoms with E-state index in [1.165, 1.54) is 89.0 Å². The second-order valence-corrected chi connectivity index (χ2v) is 26.3. The fraction of sp³-hybridized carbons (Fsp3) is 0.106. The summed E-state index contributed by atoms with van der Waals surface area (Å²) in [4.78, 5) is 25.0. The van der Waals surface area contributed by atoms with Crippen LogP contribution >= 0.6 is 0 Å². The molecule has 0 saturated carbocycles. The molecule has 0 saturated heterocycles. The lowest BCUT2D eigenvalue weighted by molar-refractivity contribution is 0.660. The number of benzene rings is 10. The summed E-state index contributed by atoms with van der Waals surface area (Å²) >= 11 is 0. The van der Waals surface area contributed by atoms with E-state index in [0.717, 1.165) is 78.0 Å². The normalized spacial score (nSPS) is 14.4. The molecule has 0 atom stereocenters. The molecule has 4 aromatic heterocycles. The first kappa shape index (κ1) is 54.1. The van der Waals surface area contributed by atoms with Gasteiger partial charge in [-0.1, -0.05) is 236 Å². The number of hydrogen-bond donors (Lipinski definition) is 0. The third kappa shape index (κ3) is 8.76. The Kier molecular flexibility index (Phi) is 12.2. The van der Waals surface area contributed by atoms with Crippen LogP contribution < -0.4 is 9.80 Å². The van der Waals surface area contributed by atoms with E-state index in [9.17, 15) is 0 Å². The minimum Gasteiger partial charge on any atom is -0.278 e. The monoisotopic (exact) mass is 1170 g/mol. The van der Waals surface area contributed by atoms with Gasteiger partial charge in [-0.25, -0.2) is 19.9 Å². The van der Waals surface area contributed by atoms with Crippen molar-refractivity contribution in [1.29, 1.82) is 0 Å². The lowest BCUT2D eigenvalue weighted by Crippen LogP contribution is -2.17. The van der Waals surface area contributed by atoms with Gasteiger partial charge in [0.15, 0.2) is 0 Å². The van der Waals surface area contributed by atoms with Gasteiger partial charge in [0.25, 0.3) is 0 Å². The molecule has 0 bridgehead atoms. The largest absolute Gasteiger partial charge is 0.278 e. The van der Waals surface area contributed by atoms with Gasteiger partial charge in [0, 0.05) is 61.6 Å². The molecule has 0 spiro atoms.